The molecule has 0 aliphatic carbocycles. The van der Waals surface area contributed by atoms with Gasteiger partial charge in [-0.15, -0.1) is 0 Å². The van der Waals surface area contributed by atoms with Crippen LogP contribution in [0, 0.1) is 5.92 Å². The number of piperidine rings is 1. The molecule has 1 unspecified atom stereocenters. The third-order valence-corrected chi connectivity index (χ3v) is 5.60. The predicted molar refractivity (Wildman–Crippen MR) is 104 cm³/mol. The van der Waals surface area contributed by atoms with Crippen molar-refractivity contribution in [1.29, 1.82) is 0 Å². The maximum absolute atomic E-state index is 13.0. The fourth-order valence-corrected chi connectivity index (χ4v) is 4.08. The van der Waals surface area contributed by atoms with Gasteiger partial charge in [-0.3, -0.25) is 9.59 Å². The third-order valence-electron chi connectivity index (χ3n) is 5.60. The Labute approximate surface area is 164 Å². The van der Waals surface area contributed by atoms with E-state index in [1.165, 1.54) is 6.26 Å². The Bertz CT molecular complexity index is 828. The van der Waals surface area contributed by atoms with Gasteiger partial charge >= 0.3 is 0 Å². The number of likely N-dealkylation sites (tertiary alicyclic amines) is 1. The van der Waals surface area contributed by atoms with Gasteiger partial charge in [-0.05, 0) is 37.1 Å². The molecule has 3 heterocycles. The SMILES string of the molecule is O=C(c1ccco1)N1CCCC(C(=O)N2CCN(c3ccccc3O)CC2)C1. The highest BCUT2D eigenvalue weighted by molar-refractivity contribution is 5.92. The van der Waals surface area contributed by atoms with E-state index in [0.29, 0.717) is 45.0 Å². The lowest BCUT2D eigenvalue weighted by molar-refractivity contribution is -0.137. The lowest BCUT2D eigenvalue weighted by Gasteiger charge is -2.39. The van der Waals surface area contributed by atoms with Gasteiger partial charge in [0.25, 0.3) is 5.91 Å². The molecule has 0 saturated carbocycles. The van der Waals surface area contributed by atoms with Crippen LogP contribution in [0.15, 0.2) is 47.1 Å². The molecule has 0 radical (unpaired) electrons. The second-order valence-corrected chi connectivity index (χ2v) is 7.37. The first-order valence-electron chi connectivity index (χ1n) is 9.78. The number of para-hydroxylation sites is 2. The van der Waals surface area contributed by atoms with E-state index >= 15 is 0 Å². The topological polar surface area (TPSA) is 77.2 Å². The van der Waals surface area contributed by atoms with Crippen molar-refractivity contribution in [1.82, 2.24) is 9.80 Å². The standard InChI is InChI=1S/C21H25N3O4/c25-18-7-2-1-6-17(18)22-10-12-23(13-11-22)20(26)16-5-3-9-24(15-16)21(27)19-8-4-14-28-19/h1-2,4,6-8,14,16,25H,3,5,9-13,15H2. The van der Waals surface area contributed by atoms with E-state index < -0.39 is 0 Å². The highest BCUT2D eigenvalue weighted by atomic mass is 16.3. The second-order valence-electron chi connectivity index (χ2n) is 7.37. The molecular formula is C21H25N3O4. The van der Waals surface area contributed by atoms with Crippen molar-refractivity contribution < 1.29 is 19.1 Å². The number of hydrogen-bond acceptors (Lipinski definition) is 5. The molecule has 1 atom stereocenters. The Balaban J connectivity index is 1.35. The van der Waals surface area contributed by atoms with Gasteiger partial charge in [0.05, 0.1) is 17.9 Å². The van der Waals surface area contributed by atoms with E-state index in [0.717, 1.165) is 18.5 Å². The number of aromatic hydroxyl groups is 1. The number of phenols is 1. The normalized spacial score (nSPS) is 20.3. The van der Waals surface area contributed by atoms with Gasteiger partial charge in [-0.1, -0.05) is 12.1 Å². The molecule has 1 aromatic heterocycles. The molecule has 2 aliphatic rings. The zero-order chi connectivity index (χ0) is 19.5. The lowest BCUT2D eigenvalue weighted by Crippen LogP contribution is -2.53. The molecule has 4 rings (SSSR count). The number of piperazine rings is 1. The molecular weight excluding hydrogens is 358 g/mol. The van der Waals surface area contributed by atoms with Gasteiger partial charge < -0.3 is 24.2 Å². The highest BCUT2D eigenvalue weighted by Crippen LogP contribution is 2.28. The molecule has 0 bridgehead atoms. The van der Waals surface area contributed by atoms with E-state index in [1.807, 2.05) is 17.0 Å². The Morgan fingerprint density at radius 1 is 0.964 bits per heavy atom. The van der Waals surface area contributed by atoms with E-state index in [-0.39, 0.29) is 23.5 Å². The summed E-state index contributed by atoms with van der Waals surface area (Å²) < 4.78 is 5.21. The van der Waals surface area contributed by atoms with Gasteiger partial charge in [0.1, 0.15) is 5.75 Å². The minimum atomic E-state index is -0.163. The number of benzene rings is 1. The average molecular weight is 383 g/mol. The van der Waals surface area contributed by atoms with Gasteiger partial charge in [-0.2, -0.15) is 0 Å². The summed E-state index contributed by atoms with van der Waals surface area (Å²) in [6.07, 6.45) is 3.12. The van der Waals surface area contributed by atoms with Crippen LogP contribution >= 0.6 is 0 Å². The molecule has 2 aromatic rings. The highest BCUT2D eigenvalue weighted by Gasteiger charge is 2.33. The third kappa shape index (κ3) is 3.69. The minimum absolute atomic E-state index is 0.119. The van der Waals surface area contributed by atoms with Gasteiger partial charge in [-0.25, -0.2) is 0 Å². The predicted octanol–water partition coefficient (Wildman–Crippen LogP) is 2.19. The number of nitrogens with zero attached hydrogens (tertiary/aromatic N) is 3. The maximum atomic E-state index is 13.0. The van der Waals surface area contributed by atoms with Crippen molar-refractivity contribution >= 4 is 17.5 Å². The first kappa shape index (κ1) is 18.4. The molecule has 1 aromatic carbocycles. The number of phenolic OH excluding ortho intramolecular Hbond substituents is 1. The van der Waals surface area contributed by atoms with E-state index in [2.05, 4.69) is 4.90 Å². The summed E-state index contributed by atoms with van der Waals surface area (Å²) in [5.41, 5.74) is 0.808. The largest absolute Gasteiger partial charge is 0.506 e. The van der Waals surface area contributed by atoms with Crippen LogP contribution < -0.4 is 4.90 Å². The Kier molecular flexibility index (Phi) is 5.23. The van der Waals surface area contributed by atoms with Crippen LogP contribution in [0.25, 0.3) is 0 Å². The average Bonchev–Trinajstić information content (AvgIpc) is 3.28. The molecule has 2 aliphatic heterocycles. The molecule has 28 heavy (non-hydrogen) atoms. The van der Waals surface area contributed by atoms with E-state index in [4.69, 9.17) is 4.42 Å². The van der Waals surface area contributed by atoms with Crippen molar-refractivity contribution in [3.8, 4) is 5.75 Å². The number of rotatable bonds is 3. The number of hydrogen-bond donors (Lipinski definition) is 1. The molecule has 2 saturated heterocycles. The Hall–Kier alpha value is -2.96. The molecule has 2 fully saturated rings. The summed E-state index contributed by atoms with van der Waals surface area (Å²) in [4.78, 5) is 31.2. The fourth-order valence-electron chi connectivity index (χ4n) is 4.08. The Morgan fingerprint density at radius 3 is 2.46 bits per heavy atom. The molecule has 2 amide bonds. The fraction of sp³-hybridized carbons (Fsp3) is 0.429. The molecule has 7 nitrogen and oxygen atoms in total. The number of amides is 2. The smallest absolute Gasteiger partial charge is 0.289 e. The summed E-state index contributed by atoms with van der Waals surface area (Å²) in [7, 11) is 0. The van der Waals surface area contributed by atoms with Crippen LogP contribution in [-0.2, 0) is 4.79 Å². The van der Waals surface area contributed by atoms with Crippen molar-refractivity contribution in [3.63, 3.8) is 0 Å². The van der Waals surface area contributed by atoms with Gasteiger partial charge in [0.15, 0.2) is 5.76 Å². The van der Waals surface area contributed by atoms with Crippen LogP contribution in [0.5, 0.6) is 5.75 Å². The van der Waals surface area contributed by atoms with Crippen molar-refractivity contribution in [2.75, 3.05) is 44.2 Å². The maximum Gasteiger partial charge on any atom is 0.289 e. The molecule has 0 spiro atoms. The first-order chi connectivity index (χ1) is 13.6. The minimum Gasteiger partial charge on any atom is -0.506 e. The van der Waals surface area contributed by atoms with E-state index in [9.17, 15) is 14.7 Å². The zero-order valence-electron chi connectivity index (χ0n) is 15.8. The number of carbonyl (C=O) groups is 2. The van der Waals surface area contributed by atoms with Crippen molar-refractivity contribution in [2.45, 2.75) is 12.8 Å². The summed E-state index contributed by atoms with van der Waals surface area (Å²) in [5, 5.41) is 10.0. The van der Waals surface area contributed by atoms with Gasteiger partial charge in [0.2, 0.25) is 5.91 Å². The summed E-state index contributed by atoms with van der Waals surface area (Å²) >= 11 is 0. The van der Waals surface area contributed by atoms with Crippen LogP contribution in [0.3, 0.4) is 0 Å². The van der Waals surface area contributed by atoms with Crippen molar-refractivity contribution in [2.24, 2.45) is 5.92 Å². The number of furan rings is 1. The molecule has 1 N–H and O–H groups in total. The summed E-state index contributed by atoms with van der Waals surface area (Å²) in [6, 6.07) is 10.6. The van der Waals surface area contributed by atoms with Crippen molar-refractivity contribution in [3.05, 3.63) is 48.4 Å². The summed E-state index contributed by atoms with van der Waals surface area (Å²) in [5.74, 6) is 0.399. The molecule has 148 valence electrons. The molecule has 7 heteroatoms. The zero-order valence-corrected chi connectivity index (χ0v) is 15.8. The lowest BCUT2D eigenvalue weighted by atomic mass is 9.96. The quantitative estimate of drug-likeness (QED) is 0.879. The first-order valence-corrected chi connectivity index (χ1v) is 9.78. The monoisotopic (exact) mass is 383 g/mol. The number of anilines is 1. The number of carbonyl (C=O) groups excluding carboxylic acids is 2. The summed E-state index contributed by atoms with van der Waals surface area (Å²) in [6.45, 7) is 3.71. The van der Waals surface area contributed by atoms with Gasteiger partial charge in [0, 0.05) is 39.3 Å². The van der Waals surface area contributed by atoms with Crippen LogP contribution in [0.1, 0.15) is 23.4 Å². The van der Waals surface area contributed by atoms with Crippen LogP contribution in [0.2, 0.25) is 0 Å². The van der Waals surface area contributed by atoms with E-state index in [1.54, 1.807) is 29.2 Å². The van der Waals surface area contributed by atoms with Crippen LogP contribution in [0.4, 0.5) is 5.69 Å². The second kappa shape index (κ2) is 7.96. The Morgan fingerprint density at radius 2 is 1.75 bits per heavy atom. The van der Waals surface area contributed by atoms with Crippen LogP contribution in [-0.4, -0.2) is 66.0 Å².